The Hall–Kier alpha value is -5.14. The second kappa shape index (κ2) is 18.6. The van der Waals surface area contributed by atoms with Gasteiger partial charge in [0, 0.05) is 29.6 Å². The predicted molar refractivity (Wildman–Crippen MR) is 207 cm³/mol. The van der Waals surface area contributed by atoms with E-state index in [4.69, 9.17) is 36.3 Å². The van der Waals surface area contributed by atoms with Crippen molar-refractivity contribution in [1.82, 2.24) is 0 Å². The molecule has 0 bridgehead atoms. The Balaban J connectivity index is 1.27. The largest absolute Gasteiger partial charge is 0.514 e. The third-order valence-electron chi connectivity index (χ3n) is 12.7. The molecule has 0 radical (unpaired) electrons. The molecule has 0 spiro atoms. The van der Waals surface area contributed by atoms with Crippen molar-refractivity contribution in [1.29, 1.82) is 0 Å². The molecule has 20 heteroatoms. The Morgan fingerprint density at radius 3 is 2.30 bits per heavy atom. The number of hydrogen-bond acceptors (Lipinski definition) is 17. The highest BCUT2D eigenvalue weighted by Gasteiger charge is 2.76. The fraction of sp³-hybridized carbons (Fsp3) is 0.625. The topological polar surface area (TPSA) is 273 Å². The van der Waals surface area contributed by atoms with E-state index in [9.17, 15) is 49.3 Å². The summed E-state index contributed by atoms with van der Waals surface area (Å²) in [6.45, 7) is 4.00. The van der Waals surface area contributed by atoms with Gasteiger partial charge < -0.3 is 39.5 Å². The SMILES string of the molecule is C[C@H]1CC2C3CC=C4CC(=O)C=C[C@]4(C)[C@@]3(Cl)[C@@H](O)C[C@]2(C)[C@@]1(OC(=O)CCCO[N+](=O)[O-])C(=O)COC(=O)Oc1ccc(C[C@H](N)C(=O)OCCCCO[N+](=O)[O-])cc1. The molecular formula is C40H50ClN3O16. The minimum Gasteiger partial charge on any atom is -0.465 e. The molecule has 0 aromatic heterocycles. The average molecular weight is 864 g/mol. The van der Waals surface area contributed by atoms with Gasteiger partial charge >= 0.3 is 18.1 Å². The quantitative estimate of drug-likeness (QED) is 0.0286. The first-order valence-corrected chi connectivity index (χ1v) is 20.1. The van der Waals surface area contributed by atoms with Crippen LogP contribution < -0.4 is 10.5 Å². The van der Waals surface area contributed by atoms with Gasteiger partial charge in [0.25, 0.3) is 10.2 Å². The lowest BCUT2D eigenvalue weighted by atomic mass is 9.46. The van der Waals surface area contributed by atoms with Crippen LogP contribution in [0.25, 0.3) is 0 Å². The molecule has 2 fully saturated rings. The van der Waals surface area contributed by atoms with Gasteiger partial charge in [-0.3, -0.25) is 19.2 Å². The van der Waals surface area contributed by atoms with Crippen LogP contribution in [0.15, 0.2) is 48.1 Å². The molecule has 0 aliphatic heterocycles. The molecule has 60 heavy (non-hydrogen) atoms. The van der Waals surface area contributed by atoms with Crippen molar-refractivity contribution < 1.29 is 67.9 Å². The summed E-state index contributed by atoms with van der Waals surface area (Å²) >= 11 is 7.58. The van der Waals surface area contributed by atoms with Crippen molar-refractivity contribution in [2.75, 3.05) is 26.4 Å². The number of carbonyl (C=O) groups excluding carboxylic acids is 5. The molecule has 0 heterocycles. The van der Waals surface area contributed by atoms with Crippen LogP contribution in [0.3, 0.4) is 0 Å². The molecule has 1 aromatic rings. The number of nitrogens with zero attached hydrogens (tertiary/aromatic N) is 2. The van der Waals surface area contributed by atoms with Crippen molar-refractivity contribution >= 4 is 41.3 Å². The van der Waals surface area contributed by atoms with Crippen LogP contribution in [0.4, 0.5) is 4.79 Å². The van der Waals surface area contributed by atoms with Gasteiger partial charge in [0.1, 0.15) is 11.8 Å². The van der Waals surface area contributed by atoms with E-state index in [2.05, 4.69) is 9.68 Å². The lowest BCUT2D eigenvalue weighted by molar-refractivity contribution is -0.757. The van der Waals surface area contributed by atoms with E-state index in [1.54, 1.807) is 32.1 Å². The zero-order chi connectivity index (χ0) is 44.0. The highest BCUT2D eigenvalue weighted by atomic mass is 35.5. The number of Topliss-reactive ketones (excluding diaryl/α,β-unsaturated/α-hetero) is 1. The van der Waals surface area contributed by atoms with E-state index in [1.165, 1.54) is 18.2 Å². The van der Waals surface area contributed by atoms with Crippen LogP contribution in [-0.2, 0) is 49.5 Å². The zero-order valence-electron chi connectivity index (χ0n) is 33.5. The Labute approximate surface area is 350 Å². The molecule has 9 atom stereocenters. The number of alkyl halides is 1. The molecule has 4 aliphatic rings. The molecule has 19 nitrogen and oxygen atoms in total. The average Bonchev–Trinajstić information content (AvgIpc) is 3.40. The summed E-state index contributed by atoms with van der Waals surface area (Å²) in [4.78, 5) is 93.8. The maximum atomic E-state index is 14.6. The monoisotopic (exact) mass is 863 g/mol. The molecular weight excluding hydrogens is 814 g/mol. The summed E-state index contributed by atoms with van der Waals surface area (Å²) in [6.07, 6.45) is 3.82. The molecule has 1 aromatic carbocycles. The highest BCUT2D eigenvalue weighted by molar-refractivity contribution is 6.26. The van der Waals surface area contributed by atoms with Gasteiger partial charge in [-0.1, -0.05) is 50.6 Å². The number of ether oxygens (including phenoxy) is 4. The van der Waals surface area contributed by atoms with Crippen molar-refractivity contribution in [3.8, 4) is 5.75 Å². The summed E-state index contributed by atoms with van der Waals surface area (Å²) in [5, 5.41) is 31.1. The second-order valence-corrected chi connectivity index (χ2v) is 16.8. The van der Waals surface area contributed by atoms with Crippen LogP contribution in [0.1, 0.15) is 77.7 Å². The summed E-state index contributed by atoms with van der Waals surface area (Å²) in [5.41, 5.74) is 3.32. The number of aliphatic hydroxyl groups excluding tert-OH is 1. The van der Waals surface area contributed by atoms with Gasteiger partial charge in [-0.05, 0) is 80.6 Å². The number of ketones is 2. The number of hydrogen-bond donors (Lipinski definition) is 2. The molecule has 0 amide bonds. The standard InChI is InChI=1S/C40H50ClN3O16/c1-24-19-30-29-13-10-26-21-27(45)14-15-37(26,2)39(29,41)32(46)22-38(30,3)40(24,60-34(48)7-6-18-58-44(53)54)33(47)23-56-36(50)59-28-11-8-25(9-12-28)20-31(42)35(49)55-16-4-5-17-57-43(51)52/h8-12,14-15,24,29-32,46H,4-7,13,16-23,42H2,1-3H3/t24-,29?,30?,31-,32-,37-,38-,39-,40-/m0/s1. The molecule has 328 valence electrons. The van der Waals surface area contributed by atoms with Crippen molar-refractivity contribution in [2.24, 2.45) is 34.3 Å². The fourth-order valence-corrected chi connectivity index (χ4v) is 10.4. The molecule has 2 unspecified atom stereocenters. The summed E-state index contributed by atoms with van der Waals surface area (Å²) in [6, 6.07) is 4.93. The molecule has 4 aliphatic carbocycles. The zero-order valence-corrected chi connectivity index (χ0v) is 34.3. The Morgan fingerprint density at radius 1 is 0.983 bits per heavy atom. The summed E-state index contributed by atoms with van der Waals surface area (Å²) < 4.78 is 21.9. The van der Waals surface area contributed by atoms with Crippen LogP contribution in [0.2, 0.25) is 0 Å². The van der Waals surface area contributed by atoms with Gasteiger partial charge in [0.2, 0.25) is 5.78 Å². The first-order valence-electron chi connectivity index (χ1n) is 19.7. The Morgan fingerprint density at radius 2 is 1.63 bits per heavy atom. The van der Waals surface area contributed by atoms with E-state index in [-0.39, 0.29) is 63.5 Å². The Kier molecular flexibility index (Phi) is 14.3. The number of aliphatic hydroxyl groups is 1. The van der Waals surface area contributed by atoms with Crippen molar-refractivity contribution in [3.63, 3.8) is 0 Å². The summed E-state index contributed by atoms with van der Waals surface area (Å²) in [5.74, 6) is -3.82. The maximum Gasteiger partial charge on any atom is 0.514 e. The van der Waals surface area contributed by atoms with Crippen LogP contribution in [0, 0.1) is 48.8 Å². The van der Waals surface area contributed by atoms with Gasteiger partial charge in [-0.2, -0.15) is 0 Å². The minimum atomic E-state index is -1.94. The van der Waals surface area contributed by atoms with Gasteiger partial charge in [0.05, 0.1) is 30.8 Å². The van der Waals surface area contributed by atoms with Crippen LogP contribution in [-0.4, -0.2) is 94.0 Å². The predicted octanol–water partition coefficient (Wildman–Crippen LogP) is 4.33. The van der Waals surface area contributed by atoms with Gasteiger partial charge in [-0.15, -0.1) is 31.8 Å². The van der Waals surface area contributed by atoms with E-state index >= 15 is 0 Å². The van der Waals surface area contributed by atoms with E-state index in [0.717, 1.165) is 5.57 Å². The van der Waals surface area contributed by atoms with Gasteiger partial charge in [-0.25, -0.2) is 4.79 Å². The van der Waals surface area contributed by atoms with E-state index in [0.29, 0.717) is 31.2 Å². The molecule has 5 rings (SSSR count). The third-order valence-corrected chi connectivity index (χ3v) is 13.7. The highest BCUT2D eigenvalue weighted by Crippen LogP contribution is 2.71. The number of nitrogens with two attached hydrogens (primary N) is 1. The Bertz CT molecular complexity index is 1910. The van der Waals surface area contributed by atoms with Crippen molar-refractivity contribution in [3.05, 3.63) is 73.9 Å². The number of esters is 2. The van der Waals surface area contributed by atoms with Gasteiger partial charge in [0.15, 0.2) is 18.0 Å². The van der Waals surface area contributed by atoms with E-state index in [1.807, 2.05) is 13.0 Å². The fourth-order valence-electron chi connectivity index (χ4n) is 9.90. The van der Waals surface area contributed by atoms with E-state index < -0.39 is 91.9 Å². The minimum absolute atomic E-state index is 0.00498. The first-order chi connectivity index (χ1) is 28.3. The normalized spacial score (nSPS) is 30.6. The number of unbranched alkanes of at least 4 members (excludes halogenated alkanes) is 1. The summed E-state index contributed by atoms with van der Waals surface area (Å²) in [7, 11) is 0. The number of allylic oxidation sites excluding steroid dienone is 4. The number of fused-ring (bicyclic) bond motifs is 5. The number of halogens is 1. The number of carbonyl (C=O) groups is 5. The molecule has 3 N–H and O–H groups in total. The lowest BCUT2D eigenvalue weighted by Crippen LogP contribution is -2.69. The first kappa shape index (κ1) is 45.9. The number of benzene rings is 1. The smallest absolute Gasteiger partial charge is 0.465 e. The van der Waals surface area contributed by atoms with Crippen LogP contribution in [0.5, 0.6) is 5.75 Å². The second-order valence-electron chi connectivity index (χ2n) is 16.2. The molecule has 0 saturated heterocycles. The number of rotatable bonds is 19. The van der Waals surface area contributed by atoms with Crippen molar-refractivity contribution in [2.45, 2.75) is 101 Å². The van der Waals surface area contributed by atoms with Crippen LogP contribution >= 0.6 is 11.6 Å². The maximum absolute atomic E-state index is 14.6. The molecule has 2 saturated carbocycles. The third kappa shape index (κ3) is 9.12. The lowest BCUT2D eigenvalue weighted by Gasteiger charge is -2.63.